The smallest absolute Gasteiger partial charge is 0.156 e. The standard InChI is InChI=1S/C21H28O2S2/c1-21(2,3)25(22,23)17-20(15-14-18-10-6-4-7-11-18)24-16-19-12-8-5-9-13-19/h4-13,20H,14-17H2,1-3H3. The molecule has 0 aliphatic rings. The molecule has 0 heterocycles. The molecule has 0 N–H and O–H groups in total. The number of sulfone groups is 1. The fraction of sp³-hybridized carbons (Fsp3) is 0.429. The average Bonchev–Trinajstić information content (AvgIpc) is 2.58. The lowest BCUT2D eigenvalue weighted by Gasteiger charge is -2.24. The molecular weight excluding hydrogens is 348 g/mol. The molecule has 0 saturated carbocycles. The van der Waals surface area contributed by atoms with Gasteiger partial charge in [-0.05, 0) is 44.7 Å². The maximum Gasteiger partial charge on any atom is 0.156 e. The average molecular weight is 377 g/mol. The van der Waals surface area contributed by atoms with Gasteiger partial charge in [-0.25, -0.2) is 8.42 Å². The molecule has 0 aliphatic carbocycles. The molecular formula is C21H28O2S2. The van der Waals surface area contributed by atoms with Gasteiger partial charge in [0.15, 0.2) is 9.84 Å². The van der Waals surface area contributed by atoms with Crippen LogP contribution in [0.5, 0.6) is 0 Å². The summed E-state index contributed by atoms with van der Waals surface area (Å²) in [5.41, 5.74) is 2.51. The zero-order valence-corrected chi connectivity index (χ0v) is 16.9. The van der Waals surface area contributed by atoms with Crippen LogP contribution in [0.3, 0.4) is 0 Å². The number of benzene rings is 2. The van der Waals surface area contributed by atoms with Crippen molar-refractivity contribution in [2.75, 3.05) is 5.75 Å². The number of hydrogen-bond donors (Lipinski definition) is 0. The van der Waals surface area contributed by atoms with Crippen LogP contribution < -0.4 is 0 Å². The van der Waals surface area contributed by atoms with Crippen LogP contribution in [0.25, 0.3) is 0 Å². The minimum Gasteiger partial charge on any atom is -0.228 e. The van der Waals surface area contributed by atoms with E-state index >= 15 is 0 Å². The van der Waals surface area contributed by atoms with Gasteiger partial charge in [0.25, 0.3) is 0 Å². The topological polar surface area (TPSA) is 34.1 Å². The number of hydrogen-bond acceptors (Lipinski definition) is 3. The van der Waals surface area contributed by atoms with E-state index in [1.165, 1.54) is 11.1 Å². The van der Waals surface area contributed by atoms with Gasteiger partial charge < -0.3 is 0 Å². The highest BCUT2D eigenvalue weighted by atomic mass is 32.2. The van der Waals surface area contributed by atoms with E-state index in [9.17, 15) is 8.42 Å². The van der Waals surface area contributed by atoms with E-state index < -0.39 is 14.6 Å². The summed E-state index contributed by atoms with van der Waals surface area (Å²) in [6.45, 7) is 5.37. The van der Waals surface area contributed by atoms with Crippen molar-refractivity contribution in [3.05, 3.63) is 71.8 Å². The Labute approximate surface area is 157 Å². The Balaban J connectivity index is 2.04. The summed E-state index contributed by atoms with van der Waals surface area (Å²) in [6.07, 6.45) is 1.78. The predicted octanol–water partition coefficient (Wildman–Crippen LogP) is 5.13. The SMILES string of the molecule is CC(C)(C)S(=O)(=O)CC(CCc1ccccc1)SCc1ccccc1. The molecule has 0 bridgehead atoms. The quantitative estimate of drug-likeness (QED) is 0.640. The Morgan fingerprint density at radius 2 is 1.40 bits per heavy atom. The van der Waals surface area contributed by atoms with Crippen molar-refractivity contribution in [2.45, 2.75) is 49.4 Å². The van der Waals surface area contributed by atoms with Crippen LogP contribution in [0.2, 0.25) is 0 Å². The van der Waals surface area contributed by atoms with Gasteiger partial charge in [0.2, 0.25) is 0 Å². The van der Waals surface area contributed by atoms with Gasteiger partial charge in [-0.2, -0.15) is 11.8 Å². The molecule has 2 aromatic carbocycles. The van der Waals surface area contributed by atoms with E-state index in [0.717, 1.165) is 18.6 Å². The minimum atomic E-state index is -3.13. The van der Waals surface area contributed by atoms with Gasteiger partial charge in [-0.1, -0.05) is 60.7 Å². The van der Waals surface area contributed by atoms with Crippen molar-refractivity contribution in [1.82, 2.24) is 0 Å². The monoisotopic (exact) mass is 376 g/mol. The molecule has 0 saturated heterocycles. The molecule has 0 aromatic heterocycles. The van der Waals surface area contributed by atoms with E-state index in [1.807, 2.05) is 36.4 Å². The molecule has 1 atom stereocenters. The second-order valence-corrected chi connectivity index (χ2v) is 11.4. The lowest BCUT2D eigenvalue weighted by Crippen LogP contribution is -2.34. The highest BCUT2D eigenvalue weighted by Gasteiger charge is 2.31. The summed E-state index contributed by atoms with van der Waals surface area (Å²) in [5.74, 6) is 1.08. The lowest BCUT2D eigenvalue weighted by molar-refractivity contribution is 0.557. The van der Waals surface area contributed by atoms with Crippen LogP contribution in [0, 0.1) is 0 Å². The molecule has 1 unspecified atom stereocenters. The van der Waals surface area contributed by atoms with Crippen molar-refractivity contribution in [1.29, 1.82) is 0 Å². The first-order valence-electron chi connectivity index (χ1n) is 8.70. The van der Waals surface area contributed by atoms with Crippen LogP contribution in [0.15, 0.2) is 60.7 Å². The normalized spacial score (nSPS) is 13.6. The summed E-state index contributed by atoms with van der Waals surface area (Å²) in [6, 6.07) is 20.6. The number of aryl methyl sites for hydroxylation is 1. The zero-order chi connectivity index (χ0) is 18.3. The Kier molecular flexibility index (Phi) is 7.14. The molecule has 136 valence electrons. The summed E-state index contributed by atoms with van der Waals surface area (Å²) in [4.78, 5) is 0. The minimum absolute atomic E-state index is 0.102. The Bertz CT molecular complexity index is 689. The summed E-state index contributed by atoms with van der Waals surface area (Å²) in [5, 5.41) is 0.102. The maximum absolute atomic E-state index is 12.7. The highest BCUT2D eigenvalue weighted by Crippen LogP contribution is 2.27. The number of rotatable bonds is 8. The van der Waals surface area contributed by atoms with Crippen LogP contribution in [-0.2, 0) is 22.0 Å². The van der Waals surface area contributed by atoms with Crippen molar-refractivity contribution < 1.29 is 8.42 Å². The third-order valence-corrected chi connectivity index (χ3v) is 8.56. The van der Waals surface area contributed by atoms with E-state index in [2.05, 4.69) is 24.3 Å². The first-order valence-corrected chi connectivity index (χ1v) is 11.4. The third-order valence-electron chi connectivity index (χ3n) is 4.26. The van der Waals surface area contributed by atoms with Crippen LogP contribution in [0.4, 0.5) is 0 Å². The van der Waals surface area contributed by atoms with E-state index in [-0.39, 0.29) is 11.0 Å². The molecule has 2 rings (SSSR count). The van der Waals surface area contributed by atoms with Gasteiger partial charge in [0.1, 0.15) is 0 Å². The van der Waals surface area contributed by atoms with Crippen LogP contribution in [-0.4, -0.2) is 24.2 Å². The van der Waals surface area contributed by atoms with Gasteiger partial charge in [-0.3, -0.25) is 0 Å². The molecule has 0 aliphatic heterocycles. The summed E-state index contributed by atoms with van der Waals surface area (Å²) < 4.78 is 24.6. The maximum atomic E-state index is 12.7. The zero-order valence-electron chi connectivity index (χ0n) is 15.3. The summed E-state index contributed by atoms with van der Waals surface area (Å²) in [7, 11) is -3.13. The molecule has 25 heavy (non-hydrogen) atoms. The lowest BCUT2D eigenvalue weighted by atomic mass is 10.1. The van der Waals surface area contributed by atoms with Crippen molar-refractivity contribution in [3.8, 4) is 0 Å². The molecule has 2 aromatic rings. The molecule has 4 heteroatoms. The molecule has 0 radical (unpaired) electrons. The van der Waals surface area contributed by atoms with Gasteiger partial charge in [0.05, 0.1) is 10.5 Å². The second-order valence-electron chi connectivity index (χ2n) is 7.34. The van der Waals surface area contributed by atoms with Crippen LogP contribution >= 0.6 is 11.8 Å². The molecule has 0 spiro atoms. The fourth-order valence-corrected chi connectivity index (χ4v) is 5.45. The Morgan fingerprint density at radius 1 is 0.880 bits per heavy atom. The first-order chi connectivity index (χ1) is 11.8. The Hall–Kier alpha value is -1.26. The second kappa shape index (κ2) is 8.91. The van der Waals surface area contributed by atoms with E-state index in [1.54, 1.807) is 32.5 Å². The first kappa shape index (κ1) is 20.1. The Morgan fingerprint density at radius 3 is 1.92 bits per heavy atom. The largest absolute Gasteiger partial charge is 0.228 e. The van der Waals surface area contributed by atoms with Crippen molar-refractivity contribution >= 4 is 21.6 Å². The molecule has 0 amide bonds. The van der Waals surface area contributed by atoms with Gasteiger partial charge in [-0.15, -0.1) is 0 Å². The fourth-order valence-electron chi connectivity index (χ4n) is 2.47. The summed E-state index contributed by atoms with van der Waals surface area (Å²) >= 11 is 1.76. The molecule has 2 nitrogen and oxygen atoms in total. The van der Waals surface area contributed by atoms with Gasteiger partial charge >= 0.3 is 0 Å². The van der Waals surface area contributed by atoms with Gasteiger partial charge in [0, 0.05) is 11.0 Å². The van der Waals surface area contributed by atoms with E-state index in [4.69, 9.17) is 0 Å². The van der Waals surface area contributed by atoms with Crippen molar-refractivity contribution in [3.63, 3.8) is 0 Å². The van der Waals surface area contributed by atoms with E-state index in [0.29, 0.717) is 0 Å². The van der Waals surface area contributed by atoms with Crippen molar-refractivity contribution in [2.24, 2.45) is 0 Å². The van der Waals surface area contributed by atoms with Crippen LogP contribution in [0.1, 0.15) is 38.3 Å². The predicted molar refractivity (Wildman–Crippen MR) is 110 cm³/mol. The third kappa shape index (κ3) is 6.52. The highest BCUT2D eigenvalue weighted by molar-refractivity contribution is 8.00. The number of thioether (sulfide) groups is 1. The molecule has 0 fully saturated rings.